The second kappa shape index (κ2) is 12.7. The lowest BCUT2D eigenvalue weighted by Crippen LogP contribution is -2.38. The van der Waals surface area contributed by atoms with Crippen LogP contribution in [0, 0.1) is 5.82 Å². The number of guanidine groups is 1. The molecule has 0 unspecified atom stereocenters. The van der Waals surface area contributed by atoms with E-state index in [2.05, 4.69) is 38.8 Å². The number of aromatic amines is 1. The molecule has 0 bridgehead atoms. The van der Waals surface area contributed by atoms with Crippen LogP contribution in [0.15, 0.2) is 53.7 Å². The van der Waals surface area contributed by atoms with Crippen molar-refractivity contribution in [2.75, 3.05) is 26.2 Å². The van der Waals surface area contributed by atoms with Crippen LogP contribution in [0.4, 0.5) is 4.39 Å². The van der Waals surface area contributed by atoms with Crippen LogP contribution >= 0.6 is 24.0 Å². The number of hydrogen-bond donors (Lipinski definition) is 3. The average molecular weight is 577 g/mol. The zero-order valence-electron chi connectivity index (χ0n) is 19.6. The minimum atomic E-state index is -0.227. The molecule has 6 nitrogen and oxygen atoms in total. The van der Waals surface area contributed by atoms with Crippen LogP contribution in [0.25, 0.3) is 10.9 Å². The van der Waals surface area contributed by atoms with E-state index < -0.39 is 0 Å². The summed E-state index contributed by atoms with van der Waals surface area (Å²) in [7, 11) is 0. The molecule has 0 aliphatic carbocycles. The lowest BCUT2D eigenvalue weighted by atomic mass is 9.99. The number of H-pyrrole nitrogens is 1. The highest BCUT2D eigenvalue weighted by atomic mass is 127. The molecular weight excluding hydrogens is 544 g/mol. The SMILES string of the molecule is CCNC(=NCCCC(=O)N1CCc2ccccc2C1)NCCc1c[nH]c2ccc(F)cc12.I. The first kappa shape index (κ1) is 26.0. The Balaban J connectivity index is 0.00000324. The van der Waals surface area contributed by atoms with Gasteiger partial charge in [0.1, 0.15) is 5.82 Å². The number of nitrogens with zero attached hydrogens (tertiary/aromatic N) is 2. The number of benzene rings is 2. The molecular formula is C26H33FIN5O. The highest BCUT2D eigenvalue weighted by molar-refractivity contribution is 14.0. The quantitative estimate of drug-likeness (QED) is 0.161. The van der Waals surface area contributed by atoms with Crippen molar-refractivity contribution in [3.63, 3.8) is 0 Å². The molecule has 3 N–H and O–H groups in total. The molecule has 4 rings (SSSR count). The van der Waals surface area contributed by atoms with Gasteiger partial charge in [0.25, 0.3) is 0 Å². The van der Waals surface area contributed by atoms with Crippen LogP contribution in [0.2, 0.25) is 0 Å². The maximum Gasteiger partial charge on any atom is 0.222 e. The highest BCUT2D eigenvalue weighted by Crippen LogP contribution is 2.20. The van der Waals surface area contributed by atoms with Crippen molar-refractivity contribution >= 4 is 46.7 Å². The number of nitrogens with one attached hydrogen (secondary N) is 3. The largest absolute Gasteiger partial charge is 0.361 e. The maximum atomic E-state index is 13.6. The minimum absolute atomic E-state index is 0. The predicted octanol–water partition coefficient (Wildman–Crippen LogP) is 4.39. The number of rotatable bonds is 8. The summed E-state index contributed by atoms with van der Waals surface area (Å²) in [5.41, 5.74) is 4.62. The molecule has 2 heterocycles. The van der Waals surface area contributed by atoms with Gasteiger partial charge in [0.2, 0.25) is 5.91 Å². The zero-order chi connectivity index (χ0) is 23.0. The van der Waals surface area contributed by atoms with Gasteiger partial charge in [-0.25, -0.2) is 4.39 Å². The molecule has 3 aromatic rings. The summed E-state index contributed by atoms with van der Waals surface area (Å²) in [4.78, 5) is 22.4. The van der Waals surface area contributed by atoms with Crippen LogP contribution in [0.1, 0.15) is 36.5 Å². The maximum absolute atomic E-state index is 13.6. The Hall–Kier alpha value is -2.62. The Morgan fingerprint density at radius 3 is 2.82 bits per heavy atom. The number of aromatic nitrogens is 1. The van der Waals surface area contributed by atoms with Gasteiger partial charge in [-0.2, -0.15) is 0 Å². The second-order valence-electron chi connectivity index (χ2n) is 8.38. The van der Waals surface area contributed by atoms with E-state index in [9.17, 15) is 9.18 Å². The number of carbonyl (C=O) groups excluding carboxylic acids is 1. The van der Waals surface area contributed by atoms with Crippen molar-refractivity contribution in [1.82, 2.24) is 20.5 Å². The normalized spacial score (nSPS) is 13.4. The molecule has 1 aliphatic heterocycles. The summed E-state index contributed by atoms with van der Waals surface area (Å²) in [5.74, 6) is 0.710. The third-order valence-electron chi connectivity index (χ3n) is 6.06. The van der Waals surface area contributed by atoms with Gasteiger partial charge in [0.15, 0.2) is 5.96 Å². The molecule has 182 valence electrons. The molecule has 0 fully saturated rings. The van der Waals surface area contributed by atoms with Crippen LogP contribution in [0.3, 0.4) is 0 Å². The molecule has 34 heavy (non-hydrogen) atoms. The van der Waals surface area contributed by atoms with Gasteiger partial charge in [-0.05, 0) is 61.1 Å². The summed E-state index contributed by atoms with van der Waals surface area (Å²) < 4.78 is 13.6. The van der Waals surface area contributed by atoms with Crippen molar-refractivity contribution in [2.45, 2.75) is 39.2 Å². The third kappa shape index (κ3) is 6.71. The minimum Gasteiger partial charge on any atom is -0.361 e. The Morgan fingerprint density at radius 2 is 2.00 bits per heavy atom. The number of aliphatic imine (C=N–C) groups is 1. The summed E-state index contributed by atoms with van der Waals surface area (Å²) in [6.45, 7) is 5.56. The van der Waals surface area contributed by atoms with Gasteiger partial charge in [0, 0.05) is 56.2 Å². The first-order valence-electron chi connectivity index (χ1n) is 11.8. The summed E-state index contributed by atoms with van der Waals surface area (Å²) in [6, 6.07) is 13.2. The average Bonchev–Trinajstić information content (AvgIpc) is 3.23. The topological polar surface area (TPSA) is 72.5 Å². The number of fused-ring (bicyclic) bond motifs is 2. The fraction of sp³-hybridized carbons (Fsp3) is 0.385. The van der Waals surface area contributed by atoms with Crippen LogP contribution < -0.4 is 10.6 Å². The van der Waals surface area contributed by atoms with Gasteiger partial charge < -0.3 is 20.5 Å². The Kier molecular flexibility index (Phi) is 9.74. The van der Waals surface area contributed by atoms with Crippen LogP contribution in [-0.4, -0.2) is 47.9 Å². The van der Waals surface area contributed by atoms with Crippen molar-refractivity contribution in [2.24, 2.45) is 4.99 Å². The number of halogens is 2. The van der Waals surface area contributed by atoms with E-state index in [1.54, 1.807) is 12.1 Å². The van der Waals surface area contributed by atoms with E-state index in [0.717, 1.165) is 54.8 Å². The molecule has 0 saturated carbocycles. The number of hydrogen-bond acceptors (Lipinski definition) is 2. The Morgan fingerprint density at radius 1 is 1.18 bits per heavy atom. The molecule has 1 amide bonds. The van der Waals surface area contributed by atoms with E-state index in [-0.39, 0.29) is 35.7 Å². The summed E-state index contributed by atoms with van der Waals surface area (Å²) in [6.07, 6.45) is 4.84. The standard InChI is InChI=1S/C26H32FN5O.HI/c1-2-28-26(30-14-11-20-17-31-24-10-9-22(27)16-23(20)24)29-13-5-8-25(33)32-15-12-19-6-3-4-7-21(19)18-32;/h3-4,6-7,9-10,16-17,31H,2,5,8,11-15,18H2,1H3,(H2,28,29,30);1H. The number of carbonyl (C=O) groups is 1. The molecule has 8 heteroatoms. The number of amides is 1. The zero-order valence-corrected chi connectivity index (χ0v) is 21.9. The van der Waals surface area contributed by atoms with Gasteiger partial charge >= 0.3 is 0 Å². The van der Waals surface area contributed by atoms with Crippen LogP contribution in [0.5, 0.6) is 0 Å². The summed E-state index contributed by atoms with van der Waals surface area (Å²) in [5, 5.41) is 7.50. The van der Waals surface area contributed by atoms with Gasteiger partial charge in [-0.1, -0.05) is 24.3 Å². The monoisotopic (exact) mass is 577 g/mol. The molecule has 1 aromatic heterocycles. The van der Waals surface area contributed by atoms with E-state index in [1.165, 1.54) is 17.2 Å². The Labute approximate surface area is 217 Å². The first-order chi connectivity index (χ1) is 16.1. The van der Waals surface area contributed by atoms with Crippen molar-refractivity contribution in [3.8, 4) is 0 Å². The lowest BCUT2D eigenvalue weighted by Gasteiger charge is -2.28. The van der Waals surface area contributed by atoms with Gasteiger partial charge in [0.05, 0.1) is 0 Å². The van der Waals surface area contributed by atoms with Crippen molar-refractivity contribution in [3.05, 3.63) is 71.2 Å². The predicted molar refractivity (Wildman–Crippen MR) is 146 cm³/mol. The lowest BCUT2D eigenvalue weighted by molar-refractivity contribution is -0.132. The van der Waals surface area contributed by atoms with Crippen molar-refractivity contribution in [1.29, 1.82) is 0 Å². The van der Waals surface area contributed by atoms with Crippen molar-refractivity contribution < 1.29 is 9.18 Å². The fourth-order valence-electron chi connectivity index (χ4n) is 4.30. The van der Waals surface area contributed by atoms with E-state index >= 15 is 0 Å². The molecule has 0 saturated heterocycles. The molecule has 0 spiro atoms. The van der Waals surface area contributed by atoms with Gasteiger partial charge in [-0.3, -0.25) is 9.79 Å². The molecule has 0 atom stereocenters. The van der Waals surface area contributed by atoms with E-state index in [4.69, 9.17) is 0 Å². The first-order valence-corrected chi connectivity index (χ1v) is 11.8. The smallest absolute Gasteiger partial charge is 0.222 e. The third-order valence-corrected chi connectivity index (χ3v) is 6.06. The van der Waals surface area contributed by atoms with Crippen LogP contribution in [-0.2, 0) is 24.2 Å². The van der Waals surface area contributed by atoms with E-state index in [0.29, 0.717) is 26.1 Å². The highest BCUT2D eigenvalue weighted by Gasteiger charge is 2.19. The van der Waals surface area contributed by atoms with Gasteiger partial charge in [-0.15, -0.1) is 24.0 Å². The van der Waals surface area contributed by atoms with E-state index in [1.807, 2.05) is 24.1 Å². The molecule has 2 aromatic carbocycles. The summed E-state index contributed by atoms with van der Waals surface area (Å²) >= 11 is 0. The second-order valence-corrected chi connectivity index (χ2v) is 8.38. The Bertz CT molecular complexity index is 1130. The molecule has 0 radical (unpaired) electrons. The molecule has 1 aliphatic rings. The fourth-order valence-corrected chi connectivity index (χ4v) is 4.30.